The fraction of sp³-hybridized carbons (Fsp3) is 0.438. The first-order valence-corrected chi connectivity index (χ1v) is 7.43. The second-order valence-electron chi connectivity index (χ2n) is 5.27. The van der Waals surface area contributed by atoms with Crippen molar-refractivity contribution in [3.05, 3.63) is 42.0 Å². The third-order valence-electron chi connectivity index (χ3n) is 3.67. The molecule has 6 heteroatoms. The number of rotatable bonds is 7. The molecule has 1 aromatic heterocycles. The summed E-state index contributed by atoms with van der Waals surface area (Å²) in [5.41, 5.74) is 1.13. The lowest BCUT2D eigenvalue weighted by Crippen LogP contribution is -2.29. The number of nitrogens with one attached hydrogen (secondary N) is 1. The van der Waals surface area contributed by atoms with E-state index in [1.54, 1.807) is 10.9 Å². The van der Waals surface area contributed by atoms with Crippen molar-refractivity contribution >= 4 is 5.91 Å². The predicted octanol–water partition coefficient (Wildman–Crippen LogP) is 2.02. The van der Waals surface area contributed by atoms with Gasteiger partial charge in [0.05, 0.1) is 6.54 Å². The molecule has 0 unspecified atom stereocenters. The Balaban J connectivity index is 1.87. The average molecular weight is 302 g/mol. The van der Waals surface area contributed by atoms with Crippen molar-refractivity contribution in [1.82, 2.24) is 20.1 Å². The number of nitrogens with zero attached hydrogens (tertiary/aromatic N) is 3. The third-order valence-corrected chi connectivity index (χ3v) is 3.67. The second kappa shape index (κ2) is 7.59. The molecule has 1 heterocycles. The van der Waals surface area contributed by atoms with Crippen molar-refractivity contribution in [1.29, 1.82) is 0 Å². The molecule has 0 saturated heterocycles. The van der Waals surface area contributed by atoms with Gasteiger partial charge in [0.2, 0.25) is 0 Å². The summed E-state index contributed by atoms with van der Waals surface area (Å²) in [6.07, 6.45) is 2.62. The van der Waals surface area contributed by atoms with Crippen molar-refractivity contribution in [2.24, 2.45) is 7.05 Å². The highest BCUT2D eigenvalue weighted by atomic mass is 16.5. The average Bonchev–Trinajstić information content (AvgIpc) is 2.95. The summed E-state index contributed by atoms with van der Waals surface area (Å²) in [5, 5.41) is 10.4. The minimum atomic E-state index is -0.179. The number of benzene rings is 1. The van der Waals surface area contributed by atoms with Gasteiger partial charge in [-0.2, -0.15) is 0 Å². The van der Waals surface area contributed by atoms with E-state index in [2.05, 4.69) is 29.4 Å². The van der Waals surface area contributed by atoms with Gasteiger partial charge in [0.15, 0.2) is 12.4 Å². The molecule has 0 saturated carbocycles. The van der Waals surface area contributed by atoms with Gasteiger partial charge in [-0.1, -0.05) is 32.0 Å². The van der Waals surface area contributed by atoms with E-state index in [4.69, 9.17) is 4.74 Å². The molecule has 1 aromatic carbocycles. The lowest BCUT2D eigenvalue weighted by atomic mass is 9.98. The summed E-state index contributed by atoms with van der Waals surface area (Å²) in [7, 11) is 1.83. The second-order valence-corrected chi connectivity index (χ2v) is 5.27. The van der Waals surface area contributed by atoms with Crippen LogP contribution in [0.1, 0.15) is 37.6 Å². The first kappa shape index (κ1) is 16.0. The van der Waals surface area contributed by atoms with Gasteiger partial charge in [-0.3, -0.25) is 4.79 Å². The highest BCUT2D eigenvalue weighted by Crippen LogP contribution is 2.28. The van der Waals surface area contributed by atoms with Crippen LogP contribution in [-0.4, -0.2) is 27.3 Å². The maximum atomic E-state index is 11.9. The molecule has 2 rings (SSSR count). The van der Waals surface area contributed by atoms with Gasteiger partial charge >= 0.3 is 0 Å². The number of aromatic nitrogens is 3. The SMILES string of the molecule is CC[C@@H](C)c1ccccc1OCC(=O)NCc1nncn1C. The summed E-state index contributed by atoms with van der Waals surface area (Å²) >= 11 is 0. The monoisotopic (exact) mass is 302 g/mol. The Hall–Kier alpha value is -2.37. The van der Waals surface area contributed by atoms with Gasteiger partial charge in [-0.25, -0.2) is 0 Å². The number of aryl methyl sites for hydroxylation is 1. The van der Waals surface area contributed by atoms with Crippen molar-refractivity contribution in [3.8, 4) is 5.75 Å². The van der Waals surface area contributed by atoms with Gasteiger partial charge in [0, 0.05) is 7.05 Å². The largest absolute Gasteiger partial charge is 0.483 e. The van der Waals surface area contributed by atoms with E-state index < -0.39 is 0 Å². The molecule has 1 atom stereocenters. The zero-order valence-electron chi connectivity index (χ0n) is 13.2. The van der Waals surface area contributed by atoms with Crippen molar-refractivity contribution in [2.45, 2.75) is 32.7 Å². The molecule has 0 radical (unpaired) electrons. The standard InChI is InChI=1S/C16H22N4O2/c1-4-12(2)13-7-5-6-8-14(13)22-10-16(21)17-9-15-19-18-11-20(15)3/h5-8,11-12H,4,9-10H2,1-3H3,(H,17,21)/t12-/m1/s1. The van der Waals surface area contributed by atoms with Gasteiger partial charge < -0.3 is 14.6 Å². The van der Waals surface area contributed by atoms with Crippen LogP contribution in [-0.2, 0) is 18.4 Å². The van der Waals surface area contributed by atoms with Crippen molar-refractivity contribution in [2.75, 3.05) is 6.61 Å². The molecule has 0 fully saturated rings. The molecule has 0 aliphatic carbocycles. The fourth-order valence-corrected chi connectivity index (χ4v) is 2.08. The highest BCUT2D eigenvalue weighted by Gasteiger charge is 2.11. The molecule has 118 valence electrons. The molecule has 0 bridgehead atoms. The van der Waals surface area contributed by atoms with Crippen LogP contribution in [0.4, 0.5) is 0 Å². The fourth-order valence-electron chi connectivity index (χ4n) is 2.08. The van der Waals surface area contributed by atoms with E-state index >= 15 is 0 Å². The lowest BCUT2D eigenvalue weighted by Gasteiger charge is -2.15. The van der Waals surface area contributed by atoms with E-state index in [9.17, 15) is 4.79 Å². The van der Waals surface area contributed by atoms with Gasteiger partial charge in [-0.05, 0) is 24.0 Å². The molecule has 2 aromatic rings. The summed E-state index contributed by atoms with van der Waals surface area (Å²) in [5.74, 6) is 1.69. The van der Waals surface area contributed by atoms with E-state index in [0.717, 1.165) is 17.7 Å². The Morgan fingerprint density at radius 2 is 2.18 bits per heavy atom. The number of amides is 1. The quantitative estimate of drug-likeness (QED) is 0.849. The Morgan fingerprint density at radius 1 is 1.41 bits per heavy atom. The van der Waals surface area contributed by atoms with E-state index in [1.807, 2.05) is 31.3 Å². The zero-order chi connectivity index (χ0) is 15.9. The first-order valence-electron chi connectivity index (χ1n) is 7.43. The topological polar surface area (TPSA) is 69.0 Å². The number of carbonyl (C=O) groups is 1. The van der Waals surface area contributed by atoms with Crippen LogP contribution in [0.15, 0.2) is 30.6 Å². The minimum Gasteiger partial charge on any atom is -0.483 e. The van der Waals surface area contributed by atoms with Crippen molar-refractivity contribution in [3.63, 3.8) is 0 Å². The smallest absolute Gasteiger partial charge is 0.258 e. The number of hydrogen-bond donors (Lipinski definition) is 1. The van der Waals surface area contributed by atoms with Gasteiger partial charge in [0.25, 0.3) is 5.91 Å². The lowest BCUT2D eigenvalue weighted by molar-refractivity contribution is -0.123. The van der Waals surface area contributed by atoms with Gasteiger partial charge in [-0.15, -0.1) is 10.2 Å². The zero-order valence-corrected chi connectivity index (χ0v) is 13.2. The first-order chi connectivity index (χ1) is 10.6. The Morgan fingerprint density at radius 3 is 2.86 bits per heavy atom. The molecule has 0 aliphatic rings. The Kier molecular flexibility index (Phi) is 5.52. The number of hydrogen-bond acceptors (Lipinski definition) is 4. The molecular formula is C16H22N4O2. The molecule has 22 heavy (non-hydrogen) atoms. The molecule has 0 aliphatic heterocycles. The summed E-state index contributed by atoms with van der Waals surface area (Å²) in [4.78, 5) is 11.9. The van der Waals surface area contributed by atoms with Crippen LogP contribution in [0.25, 0.3) is 0 Å². The minimum absolute atomic E-state index is 0.00863. The van der Waals surface area contributed by atoms with E-state index in [0.29, 0.717) is 18.3 Å². The number of para-hydroxylation sites is 1. The van der Waals surface area contributed by atoms with Crippen molar-refractivity contribution < 1.29 is 9.53 Å². The Labute approximate surface area is 130 Å². The Bertz CT molecular complexity index is 624. The normalized spacial score (nSPS) is 12.0. The van der Waals surface area contributed by atoms with E-state index in [-0.39, 0.29) is 12.5 Å². The third kappa shape index (κ3) is 4.07. The van der Waals surface area contributed by atoms with Crippen LogP contribution in [0.5, 0.6) is 5.75 Å². The summed E-state index contributed by atoms with van der Waals surface area (Å²) in [6, 6.07) is 7.85. The van der Waals surface area contributed by atoms with Crippen LogP contribution in [0.3, 0.4) is 0 Å². The molecule has 0 spiro atoms. The number of ether oxygens (including phenoxy) is 1. The van der Waals surface area contributed by atoms with Crippen LogP contribution in [0.2, 0.25) is 0 Å². The highest BCUT2D eigenvalue weighted by molar-refractivity contribution is 5.77. The van der Waals surface area contributed by atoms with Crippen LogP contribution >= 0.6 is 0 Å². The van der Waals surface area contributed by atoms with Gasteiger partial charge in [0.1, 0.15) is 12.1 Å². The van der Waals surface area contributed by atoms with E-state index in [1.165, 1.54) is 0 Å². The number of carbonyl (C=O) groups excluding carboxylic acids is 1. The summed E-state index contributed by atoms with van der Waals surface area (Å²) in [6.45, 7) is 4.61. The summed E-state index contributed by atoms with van der Waals surface area (Å²) < 4.78 is 7.43. The maximum absolute atomic E-state index is 11.9. The predicted molar refractivity (Wildman–Crippen MR) is 83.5 cm³/mol. The molecule has 1 N–H and O–H groups in total. The molecular weight excluding hydrogens is 280 g/mol. The molecule has 6 nitrogen and oxygen atoms in total. The van der Waals surface area contributed by atoms with Crippen LogP contribution < -0.4 is 10.1 Å². The maximum Gasteiger partial charge on any atom is 0.258 e. The van der Waals surface area contributed by atoms with Crippen LogP contribution in [0, 0.1) is 0 Å². The molecule has 1 amide bonds.